The van der Waals surface area contributed by atoms with E-state index in [9.17, 15) is 4.79 Å². The lowest BCUT2D eigenvalue weighted by Crippen LogP contribution is -2.07. The van der Waals surface area contributed by atoms with Crippen LogP contribution in [-0.2, 0) is 7.05 Å². The maximum atomic E-state index is 10.6. The van der Waals surface area contributed by atoms with E-state index in [0.717, 1.165) is 10.9 Å². The van der Waals surface area contributed by atoms with E-state index in [-0.39, 0.29) is 0 Å². The molecule has 0 saturated heterocycles. The highest BCUT2D eigenvalue weighted by Crippen LogP contribution is 2.31. The Bertz CT molecular complexity index is 533. The van der Waals surface area contributed by atoms with Gasteiger partial charge < -0.3 is 9.67 Å². The molecular formula is C10H9ClN2O2. The Kier molecular flexibility index (Phi) is 2.28. The van der Waals surface area contributed by atoms with E-state index in [1.54, 1.807) is 18.3 Å². The number of fused-ring (bicyclic) bond motifs is 1. The summed E-state index contributed by atoms with van der Waals surface area (Å²) in [4.78, 5) is 10.6. The van der Waals surface area contributed by atoms with E-state index in [4.69, 9.17) is 16.7 Å². The lowest BCUT2D eigenvalue weighted by molar-refractivity contribution is 0.210. The molecule has 5 heteroatoms. The molecule has 0 aliphatic carbocycles. The molecular weight excluding hydrogens is 216 g/mol. The lowest BCUT2D eigenvalue weighted by Gasteiger charge is -2.03. The van der Waals surface area contributed by atoms with Crippen molar-refractivity contribution >= 4 is 34.3 Å². The van der Waals surface area contributed by atoms with Gasteiger partial charge in [0.05, 0.1) is 16.2 Å². The van der Waals surface area contributed by atoms with Gasteiger partial charge >= 0.3 is 6.09 Å². The number of benzene rings is 1. The summed E-state index contributed by atoms with van der Waals surface area (Å²) in [7, 11) is 1.86. The number of carbonyl (C=O) groups is 1. The van der Waals surface area contributed by atoms with Gasteiger partial charge in [-0.1, -0.05) is 17.7 Å². The number of aromatic nitrogens is 1. The van der Waals surface area contributed by atoms with Gasteiger partial charge in [0.2, 0.25) is 0 Å². The summed E-state index contributed by atoms with van der Waals surface area (Å²) in [5, 5.41) is 12.2. The Morgan fingerprint density at radius 1 is 1.53 bits per heavy atom. The van der Waals surface area contributed by atoms with Crippen LogP contribution in [0, 0.1) is 0 Å². The van der Waals surface area contributed by atoms with Crippen molar-refractivity contribution in [3.63, 3.8) is 0 Å². The summed E-state index contributed by atoms with van der Waals surface area (Å²) in [6.07, 6.45) is 0.654. The fraction of sp³-hybridized carbons (Fsp3) is 0.100. The number of halogens is 1. The van der Waals surface area contributed by atoms with E-state index in [1.807, 2.05) is 17.7 Å². The molecule has 15 heavy (non-hydrogen) atoms. The predicted molar refractivity (Wildman–Crippen MR) is 59.6 cm³/mol. The number of anilines is 1. The van der Waals surface area contributed by atoms with Gasteiger partial charge in [0, 0.05) is 18.6 Å². The van der Waals surface area contributed by atoms with Crippen LogP contribution in [0.1, 0.15) is 0 Å². The Labute approximate surface area is 91.1 Å². The topological polar surface area (TPSA) is 54.3 Å². The molecule has 0 atom stereocenters. The Morgan fingerprint density at radius 2 is 2.27 bits per heavy atom. The minimum absolute atomic E-state index is 0.505. The minimum Gasteiger partial charge on any atom is -0.465 e. The highest BCUT2D eigenvalue weighted by Gasteiger charge is 2.10. The first-order valence-electron chi connectivity index (χ1n) is 4.33. The number of rotatable bonds is 1. The fourth-order valence-corrected chi connectivity index (χ4v) is 1.95. The van der Waals surface area contributed by atoms with Crippen molar-refractivity contribution in [1.82, 2.24) is 4.57 Å². The van der Waals surface area contributed by atoms with Gasteiger partial charge in [-0.25, -0.2) is 4.79 Å². The zero-order valence-corrected chi connectivity index (χ0v) is 8.75. The second-order valence-electron chi connectivity index (χ2n) is 3.22. The molecule has 0 aliphatic heterocycles. The van der Waals surface area contributed by atoms with Crippen molar-refractivity contribution in [3.05, 3.63) is 29.4 Å². The zero-order chi connectivity index (χ0) is 11.0. The van der Waals surface area contributed by atoms with E-state index in [0.29, 0.717) is 10.7 Å². The Hall–Kier alpha value is -1.68. The molecule has 0 unspecified atom stereocenters. The van der Waals surface area contributed by atoms with Crippen LogP contribution in [0.5, 0.6) is 0 Å². The summed E-state index contributed by atoms with van der Waals surface area (Å²) in [6, 6.07) is 5.35. The van der Waals surface area contributed by atoms with Gasteiger partial charge in [-0.15, -0.1) is 0 Å². The molecule has 0 radical (unpaired) electrons. The maximum Gasteiger partial charge on any atom is 0.409 e. The standard InChI is InChI=1S/C10H9ClN2O2/c1-13-5-6(11)9-7(12-10(14)15)3-2-4-8(9)13/h2-5,12H,1H3,(H,14,15). The third kappa shape index (κ3) is 1.64. The molecule has 2 rings (SSSR count). The largest absolute Gasteiger partial charge is 0.465 e. The van der Waals surface area contributed by atoms with E-state index in [2.05, 4.69) is 5.32 Å². The number of hydrogen-bond donors (Lipinski definition) is 2. The van der Waals surface area contributed by atoms with Gasteiger partial charge in [0.15, 0.2) is 0 Å². The number of carboxylic acid groups (broad SMARTS) is 1. The van der Waals surface area contributed by atoms with Gasteiger partial charge in [-0.05, 0) is 12.1 Å². The molecule has 0 spiro atoms. The summed E-state index contributed by atoms with van der Waals surface area (Å²) >= 11 is 6.01. The van der Waals surface area contributed by atoms with Crippen LogP contribution in [0.2, 0.25) is 5.02 Å². The van der Waals surface area contributed by atoms with Crippen molar-refractivity contribution in [1.29, 1.82) is 0 Å². The predicted octanol–water partition coefficient (Wildman–Crippen LogP) is 2.92. The number of nitrogens with one attached hydrogen (secondary N) is 1. The van der Waals surface area contributed by atoms with Crippen molar-refractivity contribution < 1.29 is 9.90 Å². The normalized spacial score (nSPS) is 10.5. The molecule has 0 bridgehead atoms. The average molecular weight is 225 g/mol. The molecule has 78 valence electrons. The minimum atomic E-state index is -1.09. The third-order valence-electron chi connectivity index (χ3n) is 2.21. The average Bonchev–Trinajstić information content (AvgIpc) is 2.43. The number of nitrogens with zero attached hydrogens (tertiary/aromatic N) is 1. The number of amides is 1. The van der Waals surface area contributed by atoms with Gasteiger partial charge in [-0.3, -0.25) is 5.32 Å². The molecule has 1 heterocycles. The molecule has 1 amide bonds. The van der Waals surface area contributed by atoms with Crippen molar-refractivity contribution in [2.75, 3.05) is 5.32 Å². The molecule has 4 nitrogen and oxygen atoms in total. The Balaban J connectivity index is 2.69. The van der Waals surface area contributed by atoms with Gasteiger partial charge in [-0.2, -0.15) is 0 Å². The van der Waals surface area contributed by atoms with Crippen LogP contribution in [0.3, 0.4) is 0 Å². The quantitative estimate of drug-likeness (QED) is 0.783. The molecule has 1 aromatic heterocycles. The third-order valence-corrected chi connectivity index (χ3v) is 2.50. The summed E-state index contributed by atoms with van der Waals surface area (Å²) < 4.78 is 1.85. The highest BCUT2D eigenvalue weighted by atomic mass is 35.5. The first kappa shape index (κ1) is 9.86. The summed E-state index contributed by atoms with van der Waals surface area (Å²) in [6.45, 7) is 0. The van der Waals surface area contributed by atoms with Gasteiger partial charge in [0.25, 0.3) is 0 Å². The molecule has 1 aromatic carbocycles. The van der Waals surface area contributed by atoms with Crippen LogP contribution in [-0.4, -0.2) is 15.8 Å². The Morgan fingerprint density at radius 3 is 2.93 bits per heavy atom. The molecule has 0 saturated carbocycles. The van der Waals surface area contributed by atoms with E-state index >= 15 is 0 Å². The smallest absolute Gasteiger partial charge is 0.409 e. The first-order chi connectivity index (χ1) is 7.09. The van der Waals surface area contributed by atoms with Crippen LogP contribution >= 0.6 is 11.6 Å². The second kappa shape index (κ2) is 3.47. The zero-order valence-electron chi connectivity index (χ0n) is 7.99. The van der Waals surface area contributed by atoms with Crippen molar-refractivity contribution in [2.24, 2.45) is 7.05 Å². The van der Waals surface area contributed by atoms with E-state index < -0.39 is 6.09 Å². The number of aryl methyl sites for hydroxylation is 1. The summed E-state index contributed by atoms with van der Waals surface area (Å²) in [5.41, 5.74) is 1.40. The monoisotopic (exact) mass is 224 g/mol. The van der Waals surface area contributed by atoms with Crippen molar-refractivity contribution in [2.45, 2.75) is 0 Å². The number of hydrogen-bond acceptors (Lipinski definition) is 1. The molecule has 2 N–H and O–H groups in total. The molecule has 0 fully saturated rings. The van der Waals surface area contributed by atoms with Crippen LogP contribution in [0.4, 0.5) is 10.5 Å². The van der Waals surface area contributed by atoms with Crippen molar-refractivity contribution in [3.8, 4) is 0 Å². The highest BCUT2D eigenvalue weighted by molar-refractivity contribution is 6.37. The van der Waals surface area contributed by atoms with Crippen LogP contribution < -0.4 is 5.32 Å². The SMILES string of the molecule is Cn1cc(Cl)c2c(NC(=O)O)cccc21. The summed E-state index contributed by atoms with van der Waals surface area (Å²) in [5.74, 6) is 0. The first-order valence-corrected chi connectivity index (χ1v) is 4.71. The maximum absolute atomic E-state index is 10.6. The second-order valence-corrected chi connectivity index (χ2v) is 3.62. The lowest BCUT2D eigenvalue weighted by atomic mass is 10.2. The fourth-order valence-electron chi connectivity index (χ4n) is 1.61. The van der Waals surface area contributed by atoms with Crippen LogP contribution in [0.25, 0.3) is 10.9 Å². The molecule has 2 aromatic rings. The molecule has 0 aliphatic rings. The van der Waals surface area contributed by atoms with E-state index in [1.165, 1.54) is 0 Å². The van der Waals surface area contributed by atoms with Crippen LogP contribution in [0.15, 0.2) is 24.4 Å². The van der Waals surface area contributed by atoms with Gasteiger partial charge in [0.1, 0.15) is 0 Å².